The van der Waals surface area contributed by atoms with Crippen molar-refractivity contribution in [3.63, 3.8) is 0 Å². The van der Waals surface area contributed by atoms with E-state index in [1.54, 1.807) is 0 Å². The Morgan fingerprint density at radius 1 is 1.41 bits per heavy atom. The van der Waals surface area contributed by atoms with Gasteiger partial charge in [-0.2, -0.15) is 0 Å². The molecule has 0 aliphatic heterocycles. The van der Waals surface area contributed by atoms with E-state index in [-0.39, 0.29) is 17.8 Å². The fourth-order valence-corrected chi connectivity index (χ4v) is 2.45. The Hall–Kier alpha value is -1.29. The zero-order valence-corrected chi connectivity index (χ0v) is 9.79. The smallest absolute Gasteiger partial charge is 0.167 e. The lowest BCUT2D eigenvalue weighted by Gasteiger charge is -2.32. The maximum absolute atomic E-state index is 13.4. The third-order valence-electron chi connectivity index (χ3n) is 3.43. The number of rotatable bonds is 3. The normalized spacial score (nSPS) is 18.9. The number of pyridine rings is 1. The summed E-state index contributed by atoms with van der Waals surface area (Å²) in [4.78, 5) is 15.6. The Kier molecular flexibility index (Phi) is 3.52. The average Bonchev–Trinajstić information content (AvgIpc) is 2.29. The molecule has 1 heterocycles. The van der Waals surface area contributed by atoms with E-state index in [1.807, 2.05) is 0 Å². The molecule has 0 atom stereocenters. The Bertz CT molecular complexity index is 414. The molecule has 3 nitrogen and oxygen atoms in total. The summed E-state index contributed by atoms with van der Waals surface area (Å²) in [5.41, 5.74) is 5.86. The van der Waals surface area contributed by atoms with Crippen molar-refractivity contribution in [1.29, 1.82) is 0 Å². The Morgan fingerprint density at radius 2 is 2.12 bits per heavy atom. The van der Waals surface area contributed by atoms with E-state index in [4.69, 9.17) is 5.73 Å². The molecule has 2 N–H and O–H groups in total. The van der Waals surface area contributed by atoms with Gasteiger partial charge in [-0.05, 0) is 18.9 Å². The van der Waals surface area contributed by atoms with Crippen LogP contribution in [0.1, 0.15) is 48.9 Å². The van der Waals surface area contributed by atoms with Gasteiger partial charge in [0.15, 0.2) is 11.6 Å². The second-order valence-electron chi connectivity index (χ2n) is 4.88. The van der Waals surface area contributed by atoms with Crippen LogP contribution in [-0.2, 0) is 0 Å². The van der Waals surface area contributed by atoms with Gasteiger partial charge < -0.3 is 5.73 Å². The molecule has 0 saturated heterocycles. The maximum Gasteiger partial charge on any atom is 0.167 e. The molecule has 0 bridgehead atoms. The summed E-state index contributed by atoms with van der Waals surface area (Å²) in [5.74, 6) is -0.772. The lowest BCUT2D eigenvalue weighted by Crippen LogP contribution is -2.43. The molecule has 92 valence electrons. The fourth-order valence-electron chi connectivity index (χ4n) is 2.45. The van der Waals surface area contributed by atoms with Crippen LogP contribution in [0.4, 0.5) is 4.39 Å². The molecule has 1 aromatic heterocycles. The summed E-state index contributed by atoms with van der Waals surface area (Å²) < 4.78 is 13.4. The Morgan fingerprint density at radius 3 is 2.76 bits per heavy atom. The van der Waals surface area contributed by atoms with E-state index in [1.165, 1.54) is 18.7 Å². The third-order valence-corrected chi connectivity index (χ3v) is 3.43. The molecule has 0 spiro atoms. The molecular formula is C13H17FN2O. The minimum absolute atomic E-state index is 0.107. The van der Waals surface area contributed by atoms with Crippen LogP contribution in [0.2, 0.25) is 0 Å². The van der Waals surface area contributed by atoms with Gasteiger partial charge in [-0.3, -0.25) is 9.78 Å². The number of carbonyl (C=O) groups is 1. The molecule has 1 saturated carbocycles. The molecule has 0 unspecified atom stereocenters. The van der Waals surface area contributed by atoms with E-state index in [9.17, 15) is 9.18 Å². The lowest BCUT2D eigenvalue weighted by molar-refractivity contribution is 0.0930. The first-order chi connectivity index (χ1) is 8.11. The molecule has 4 heteroatoms. The first-order valence-electron chi connectivity index (χ1n) is 6.02. The third kappa shape index (κ3) is 2.88. The molecule has 1 aromatic rings. The Balaban J connectivity index is 2.09. The van der Waals surface area contributed by atoms with Crippen LogP contribution in [0.5, 0.6) is 0 Å². The summed E-state index contributed by atoms with van der Waals surface area (Å²) in [6.45, 7) is 0. The second-order valence-corrected chi connectivity index (χ2v) is 4.88. The first-order valence-corrected chi connectivity index (χ1v) is 6.02. The molecule has 0 aromatic carbocycles. The van der Waals surface area contributed by atoms with Crippen molar-refractivity contribution in [2.45, 2.75) is 44.1 Å². The van der Waals surface area contributed by atoms with Crippen LogP contribution in [-0.4, -0.2) is 16.3 Å². The van der Waals surface area contributed by atoms with Crippen LogP contribution in [0.25, 0.3) is 0 Å². The van der Waals surface area contributed by atoms with Gasteiger partial charge in [0.1, 0.15) is 0 Å². The number of hydrogen-bond acceptors (Lipinski definition) is 3. The maximum atomic E-state index is 13.4. The molecule has 1 aliphatic carbocycles. The minimum Gasteiger partial charge on any atom is -0.325 e. The number of nitrogens with two attached hydrogens (primary N) is 1. The van der Waals surface area contributed by atoms with Gasteiger partial charge in [-0.25, -0.2) is 4.39 Å². The molecule has 17 heavy (non-hydrogen) atoms. The van der Waals surface area contributed by atoms with Crippen molar-refractivity contribution in [2.75, 3.05) is 0 Å². The lowest BCUT2D eigenvalue weighted by atomic mass is 9.78. The molecule has 1 aliphatic rings. The van der Waals surface area contributed by atoms with Crippen molar-refractivity contribution >= 4 is 5.78 Å². The largest absolute Gasteiger partial charge is 0.325 e. The van der Waals surface area contributed by atoms with Gasteiger partial charge in [0.25, 0.3) is 0 Å². The predicted octanol–water partition coefficient (Wildman–Crippen LogP) is 2.46. The molecule has 2 rings (SSSR count). The van der Waals surface area contributed by atoms with E-state index in [2.05, 4.69) is 4.98 Å². The van der Waals surface area contributed by atoms with Gasteiger partial charge in [0.2, 0.25) is 0 Å². The fraction of sp³-hybridized carbons (Fsp3) is 0.538. The highest BCUT2D eigenvalue weighted by atomic mass is 19.1. The molecule has 0 amide bonds. The number of nitrogens with zero attached hydrogens (tertiary/aromatic N) is 1. The summed E-state index contributed by atoms with van der Waals surface area (Å²) in [6.07, 6.45) is 7.73. The van der Waals surface area contributed by atoms with Crippen LogP contribution < -0.4 is 5.73 Å². The number of Topliss-reactive ketones (excluding diaryl/α,β-unsaturated/α-hetero) is 1. The van der Waals surface area contributed by atoms with Gasteiger partial charge in [-0.15, -0.1) is 0 Å². The highest BCUT2D eigenvalue weighted by Gasteiger charge is 2.30. The summed E-state index contributed by atoms with van der Waals surface area (Å²) in [5, 5.41) is 0. The second kappa shape index (κ2) is 4.92. The van der Waals surface area contributed by atoms with E-state index in [0.717, 1.165) is 31.9 Å². The zero-order chi connectivity index (χ0) is 12.3. The van der Waals surface area contributed by atoms with Crippen LogP contribution >= 0.6 is 0 Å². The van der Waals surface area contributed by atoms with Crippen molar-refractivity contribution in [3.05, 3.63) is 29.8 Å². The quantitative estimate of drug-likeness (QED) is 0.820. The molecule has 1 fully saturated rings. The van der Waals surface area contributed by atoms with Gasteiger partial charge in [0.05, 0.1) is 11.8 Å². The van der Waals surface area contributed by atoms with Crippen molar-refractivity contribution in [2.24, 2.45) is 5.73 Å². The highest BCUT2D eigenvalue weighted by molar-refractivity contribution is 5.96. The highest BCUT2D eigenvalue weighted by Crippen LogP contribution is 2.29. The summed E-state index contributed by atoms with van der Waals surface area (Å²) in [6, 6.07) is 1.42. The van der Waals surface area contributed by atoms with Crippen molar-refractivity contribution in [1.82, 2.24) is 4.98 Å². The van der Waals surface area contributed by atoms with Crippen LogP contribution in [0.3, 0.4) is 0 Å². The van der Waals surface area contributed by atoms with Gasteiger partial charge in [0, 0.05) is 18.2 Å². The summed E-state index contributed by atoms with van der Waals surface area (Å²) in [7, 11) is 0. The number of halogens is 1. The number of ketones is 1. The van der Waals surface area contributed by atoms with Crippen molar-refractivity contribution < 1.29 is 9.18 Å². The van der Waals surface area contributed by atoms with E-state index >= 15 is 0 Å². The van der Waals surface area contributed by atoms with Gasteiger partial charge >= 0.3 is 0 Å². The van der Waals surface area contributed by atoms with E-state index < -0.39 is 11.4 Å². The average molecular weight is 236 g/mol. The Labute approximate surface area is 100 Å². The van der Waals surface area contributed by atoms with E-state index in [0.29, 0.717) is 0 Å². The minimum atomic E-state index is -0.558. The van der Waals surface area contributed by atoms with Crippen molar-refractivity contribution in [3.8, 4) is 0 Å². The standard InChI is InChI=1S/C13H17FN2O/c14-11-9-16-7-4-10(11)12(17)8-13(15)5-2-1-3-6-13/h4,7,9H,1-3,5-6,8,15H2. The SMILES string of the molecule is NC1(CC(=O)c2ccncc2F)CCCCC1. The topological polar surface area (TPSA) is 56.0 Å². The number of carbonyl (C=O) groups excluding carboxylic acids is 1. The van der Waals surface area contributed by atoms with Crippen LogP contribution in [0.15, 0.2) is 18.5 Å². The predicted molar refractivity (Wildman–Crippen MR) is 63.1 cm³/mol. The molecule has 0 radical (unpaired) electrons. The number of hydrogen-bond donors (Lipinski definition) is 1. The zero-order valence-electron chi connectivity index (χ0n) is 9.79. The number of aromatic nitrogens is 1. The monoisotopic (exact) mass is 236 g/mol. The molecular weight excluding hydrogens is 219 g/mol. The van der Waals surface area contributed by atoms with Crippen LogP contribution in [0, 0.1) is 5.82 Å². The van der Waals surface area contributed by atoms with Gasteiger partial charge in [-0.1, -0.05) is 19.3 Å². The first kappa shape index (κ1) is 12.2. The summed E-state index contributed by atoms with van der Waals surface area (Å²) >= 11 is 0.